The van der Waals surface area contributed by atoms with Gasteiger partial charge in [-0.1, -0.05) is 6.07 Å². The molecule has 2 aromatic carbocycles. The van der Waals surface area contributed by atoms with Crippen molar-refractivity contribution in [3.05, 3.63) is 70.8 Å². The van der Waals surface area contributed by atoms with Crippen molar-refractivity contribution >= 4 is 17.6 Å². The molecular formula is C25H30FN5O3. The van der Waals surface area contributed by atoms with E-state index in [0.717, 1.165) is 23.5 Å². The SMILES string of the molecule is CCn1nc(C)c(CCN=C(NC(=O)c2cccc(F)c2)Nc2cc(OC)cc(OC)c2)c1C. The smallest absolute Gasteiger partial charge is 0.258 e. The normalized spacial score (nSPS) is 11.3. The first-order chi connectivity index (χ1) is 16.3. The second kappa shape index (κ2) is 11.3. The third-order valence-electron chi connectivity index (χ3n) is 5.40. The molecule has 0 saturated carbocycles. The number of anilines is 1. The summed E-state index contributed by atoms with van der Waals surface area (Å²) in [6, 6.07) is 10.7. The van der Waals surface area contributed by atoms with E-state index in [1.807, 2.05) is 25.5 Å². The Kier molecular flexibility index (Phi) is 8.24. The predicted octanol–water partition coefficient (Wildman–Crippen LogP) is 4.12. The first-order valence-corrected chi connectivity index (χ1v) is 11.0. The molecule has 9 heteroatoms. The summed E-state index contributed by atoms with van der Waals surface area (Å²) in [5, 5.41) is 10.4. The number of hydrogen-bond donors (Lipinski definition) is 2. The lowest BCUT2D eigenvalue weighted by Gasteiger charge is -2.14. The minimum Gasteiger partial charge on any atom is -0.497 e. The molecule has 0 aliphatic carbocycles. The van der Waals surface area contributed by atoms with Crippen LogP contribution in [-0.4, -0.2) is 42.4 Å². The standard InChI is InChI=1S/C25H30FN5O3/c1-6-31-17(3)23(16(2)30-31)10-11-27-25(29-24(32)18-8-7-9-19(26)12-18)28-20-13-21(33-4)15-22(14-20)34-5/h7-9,12-15H,6,10-11H2,1-5H3,(H2,27,28,29,32). The molecule has 0 aliphatic heterocycles. The van der Waals surface area contributed by atoms with Crippen LogP contribution >= 0.6 is 0 Å². The van der Waals surface area contributed by atoms with Gasteiger partial charge in [0.05, 0.1) is 19.9 Å². The van der Waals surface area contributed by atoms with Crippen molar-refractivity contribution in [2.75, 3.05) is 26.1 Å². The number of methoxy groups -OCH3 is 2. The van der Waals surface area contributed by atoms with Crippen molar-refractivity contribution in [1.29, 1.82) is 0 Å². The number of halogens is 1. The van der Waals surface area contributed by atoms with Crippen LogP contribution in [0.2, 0.25) is 0 Å². The Hall–Kier alpha value is -3.88. The van der Waals surface area contributed by atoms with Crippen molar-refractivity contribution in [2.45, 2.75) is 33.7 Å². The maximum atomic E-state index is 13.6. The van der Waals surface area contributed by atoms with Gasteiger partial charge in [-0.2, -0.15) is 5.10 Å². The maximum absolute atomic E-state index is 13.6. The van der Waals surface area contributed by atoms with Gasteiger partial charge in [0.1, 0.15) is 17.3 Å². The number of carbonyl (C=O) groups is 1. The number of amides is 1. The van der Waals surface area contributed by atoms with Gasteiger partial charge in [0.15, 0.2) is 0 Å². The molecule has 2 N–H and O–H groups in total. The summed E-state index contributed by atoms with van der Waals surface area (Å²) in [7, 11) is 3.11. The number of guanidine groups is 1. The van der Waals surface area contributed by atoms with E-state index in [2.05, 4.69) is 20.7 Å². The Morgan fingerprint density at radius 3 is 2.41 bits per heavy atom. The summed E-state index contributed by atoms with van der Waals surface area (Å²) < 4.78 is 26.2. The van der Waals surface area contributed by atoms with Crippen molar-refractivity contribution in [2.24, 2.45) is 4.99 Å². The van der Waals surface area contributed by atoms with Gasteiger partial charge in [0.2, 0.25) is 5.96 Å². The minimum absolute atomic E-state index is 0.189. The van der Waals surface area contributed by atoms with Crippen LogP contribution in [0.25, 0.3) is 0 Å². The van der Waals surface area contributed by atoms with Crippen LogP contribution in [0.4, 0.5) is 10.1 Å². The summed E-state index contributed by atoms with van der Waals surface area (Å²) in [5.74, 6) is 0.414. The number of benzene rings is 2. The van der Waals surface area contributed by atoms with Gasteiger partial charge >= 0.3 is 0 Å². The van der Waals surface area contributed by atoms with E-state index in [-0.39, 0.29) is 11.5 Å². The molecule has 0 bridgehead atoms. The van der Waals surface area contributed by atoms with E-state index in [0.29, 0.717) is 30.2 Å². The number of ether oxygens (including phenoxy) is 2. The van der Waals surface area contributed by atoms with E-state index in [1.165, 1.54) is 24.3 Å². The summed E-state index contributed by atoms with van der Waals surface area (Å²) in [6.45, 7) is 7.27. The summed E-state index contributed by atoms with van der Waals surface area (Å²) in [5.41, 5.74) is 4.00. The van der Waals surface area contributed by atoms with Gasteiger partial charge in [-0.3, -0.25) is 19.8 Å². The maximum Gasteiger partial charge on any atom is 0.258 e. The minimum atomic E-state index is -0.490. The van der Waals surface area contributed by atoms with Crippen LogP contribution in [0.15, 0.2) is 47.5 Å². The van der Waals surface area contributed by atoms with Crippen molar-refractivity contribution < 1.29 is 18.7 Å². The molecule has 0 atom stereocenters. The van der Waals surface area contributed by atoms with E-state index in [9.17, 15) is 9.18 Å². The Morgan fingerprint density at radius 2 is 1.82 bits per heavy atom. The largest absolute Gasteiger partial charge is 0.497 e. The Bertz CT molecular complexity index is 1170. The molecule has 34 heavy (non-hydrogen) atoms. The zero-order chi connectivity index (χ0) is 24.7. The summed E-state index contributed by atoms with van der Waals surface area (Å²) in [6.07, 6.45) is 0.653. The molecule has 0 aliphatic rings. The number of nitrogens with one attached hydrogen (secondary N) is 2. The van der Waals surface area contributed by atoms with Crippen LogP contribution in [0.3, 0.4) is 0 Å². The van der Waals surface area contributed by atoms with Crippen LogP contribution in [0.1, 0.15) is 34.2 Å². The highest BCUT2D eigenvalue weighted by Crippen LogP contribution is 2.25. The second-order valence-electron chi connectivity index (χ2n) is 7.64. The van der Waals surface area contributed by atoms with Gasteiger partial charge in [-0.15, -0.1) is 0 Å². The zero-order valence-corrected chi connectivity index (χ0v) is 20.1. The highest BCUT2D eigenvalue weighted by Gasteiger charge is 2.13. The molecule has 1 aromatic heterocycles. The lowest BCUT2D eigenvalue weighted by molar-refractivity contribution is 0.0976. The first kappa shape index (κ1) is 24.8. The van der Waals surface area contributed by atoms with Gasteiger partial charge in [0.25, 0.3) is 5.91 Å². The first-order valence-electron chi connectivity index (χ1n) is 11.0. The van der Waals surface area contributed by atoms with E-state index in [1.54, 1.807) is 32.4 Å². The van der Waals surface area contributed by atoms with Crippen molar-refractivity contribution in [3.63, 3.8) is 0 Å². The number of hydrogen-bond acceptors (Lipinski definition) is 5. The molecule has 3 rings (SSSR count). The Morgan fingerprint density at radius 1 is 1.12 bits per heavy atom. The summed E-state index contributed by atoms with van der Waals surface area (Å²) in [4.78, 5) is 17.4. The molecule has 8 nitrogen and oxygen atoms in total. The Labute approximate surface area is 198 Å². The fourth-order valence-electron chi connectivity index (χ4n) is 3.62. The number of rotatable bonds is 8. The fourth-order valence-corrected chi connectivity index (χ4v) is 3.62. The van der Waals surface area contributed by atoms with Gasteiger partial charge < -0.3 is 14.8 Å². The second-order valence-corrected chi connectivity index (χ2v) is 7.64. The number of nitrogens with zero attached hydrogens (tertiary/aromatic N) is 3. The van der Waals surface area contributed by atoms with Crippen LogP contribution < -0.4 is 20.1 Å². The lowest BCUT2D eigenvalue weighted by Crippen LogP contribution is -2.36. The predicted molar refractivity (Wildman–Crippen MR) is 130 cm³/mol. The van der Waals surface area contributed by atoms with Crippen molar-refractivity contribution in [3.8, 4) is 11.5 Å². The molecule has 1 heterocycles. The molecule has 0 spiro atoms. The average Bonchev–Trinajstić information content (AvgIpc) is 3.11. The zero-order valence-electron chi connectivity index (χ0n) is 20.1. The van der Waals surface area contributed by atoms with Crippen molar-refractivity contribution in [1.82, 2.24) is 15.1 Å². The molecule has 0 saturated heterocycles. The fraction of sp³-hybridized carbons (Fsp3) is 0.320. The van der Waals surface area contributed by atoms with Gasteiger partial charge in [0, 0.05) is 48.2 Å². The number of aryl methyl sites for hydroxylation is 2. The average molecular weight is 468 g/mol. The third-order valence-corrected chi connectivity index (χ3v) is 5.40. The Balaban J connectivity index is 1.85. The number of carbonyl (C=O) groups excluding carboxylic acids is 1. The highest BCUT2D eigenvalue weighted by atomic mass is 19.1. The third kappa shape index (κ3) is 6.12. The van der Waals surface area contributed by atoms with Crippen LogP contribution in [0, 0.1) is 19.7 Å². The molecule has 1 amide bonds. The van der Waals surface area contributed by atoms with E-state index < -0.39 is 11.7 Å². The van der Waals surface area contributed by atoms with E-state index >= 15 is 0 Å². The molecule has 0 radical (unpaired) electrons. The van der Waals surface area contributed by atoms with Gasteiger partial charge in [-0.05, 0) is 51.0 Å². The number of aromatic nitrogens is 2. The topological polar surface area (TPSA) is 89.8 Å². The van der Waals surface area contributed by atoms with Crippen LogP contribution in [0.5, 0.6) is 11.5 Å². The summed E-state index contributed by atoms with van der Waals surface area (Å²) >= 11 is 0. The number of aliphatic imine (C=N–C) groups is 1. The van der Waals surface area contributed by atoms with Crippen LogP contribution in [-0.2, 0) is 13.0 Å². The molecule has 180 valence electrons. The molecule has 0 fully saturated rings. The molecule has 3 aromatic rings. The van der Waals surface area contributed by atoms with Gasteiger partial charge in [-0.25, -0.2) is 4.39 Å². The molecular weight excluding hydrogens is 437 g/mol. The molecule has 0 unspecified atom stereocenters. The quantitative estimate of drug-likeness (QED) is 0.384. The lowest BCUT2D eigenvalue weighted by atomic mass is 10.1. The highest BCUT2D eigenvalue weighted by molar-refractivity contribution is 6.10. The van der Waals surface area contributed by atoms with E-state index in [4.69, 9.17) is 9.47 Å². The monoisotopic (exact) mass is 467 g/mol.